The highest BCUT2D eigenvalue weighted by molar-refractivity contribution is 5.50. The fourth-order valence-electron chi connectivity index (χ4n) is 0.816. The first-order chi connectivity index (χ1) is 7.17. The van der Waals surface area contributed by atoms with Crippen LogP contribution in [-0.2, 0) is 9.59 Å². The van der Waals surface area contributed by atoms with Crippen LogP contribution in [0, 0.1) is 17.7 Å². The molecule has 0 fully saturated rings. The van der Waals surface area contributed by atoms with Gasteiger partial charge in [-0.1, -0.05) is 36.9 Å². The lowest BCUT2D eigenvalue weighted by Gasteiger charge is -1.95. The van der Waals surface area contributed by atoms with E-state index in [0.29, 0.717) is 0 Å². The van der Waals surface area contributed by atoms with Gasteiger partial charge in [-0.3, -0.25) is 0 Å². The molecule has 0 unspecified atom stereocenters. The molecule has 0 saturated carbocycles. The Morgan fingerprint density at radius 2 is 1.60 bits per heavy atom. The van der Waals surface area contributed by atoms with Crippen molar-refractivity contribution in [2.24, 2.45) is 0 Å². The van der Waals surface area contributed by atoms with E-state index >= 15 is 0 Å². The van der Waals surface area contributed by atoms with Crippen molar-refractivity contribution in [2.75, 3.05) is 0 Å². The van der Waals surface area contributed by atoms with E-state index in [9.17, 15) is 0 Å². The van der Waals surface area contributed by atoms with Crippen molar-refractivity contribution in [3.63, 3.8) is 0 Å². The molecule has 2 N–H and O–H groups in total. The molecule has 4 nitrogen and oxygen atoms in total. The number of rotatable bonds is 1. The lowest BCUT2D eigenvalue weighted by atomic mass is 10.1. The van der Waals surface area contributed by atoms with Gasteiger partial charge in [0.2, 0.25) is 12.2 Å². The van der Waals surface area contributed by atoms with E-state index in [1.807, 2.05) is 18.2 Å². The van der Waals surface area contributed by atoms with Crippen molar-refractivity contribution in [3.8, 4) is 0 Å². The minimum Gasteiger partial charge on any atom is -0.222 e. The summed E-state index contributed by atoms with van der Waals surface area (Å²) in [5.41, 5.74) is 2.50. The molecule has 0 bridgehead atoms. The summed E-state index contributed by atoms with van der Waals surface area (Å²) in [4.78, 5) is 16.7. The first-order valence-electron chi connectivity index (χ1n) is 3.93. The number of hydrogen-bond acceptors (Lipinski definition) is 4. The highest BCUT2D eigenvalue weighted by Crippen LogP contribution is 2.06. The van der Waals surface area contributed by atoms with Gasteiger partial charge in [0.1, 0.15) is 0 Å². The number of isocyanates is 2. The van der Waals surface area contributed by atoms with E-state index in [-0.39, 0.29) is 0 Å². The van der Waals surface area contributed by atoms with E-state index in [1.54, 1.807) is 0 Å². The lowest BCUT2D eigenvalue weighted by molar-refractivity contribution is 0.562. The van der Waals surface area contributed by atoms with Gasteiger partial charge in [0.05, 0.1) is 0 Å². The zero-order valence-electron chi connectivity index (χ0n) is 8.41. The largest absolute Gasteiger partial charge is 0.231 e. The standard InChI is InChI=1S/C9H10.2CHNO/c1-3-9-7-5-4-6-8(9)2;2*2-1-3/h3-7H,1H2,2H3;2*2H. The molecule has 0 aliphatic rings. The molecule has 0 spiro atoms. The Bertz CT molecular complexity index is 349. The normalized spacial score (nSPS) is 6.47. The van der Waals surface area contributed by atoms with Gasteiger partial charge >= 0.3 is 0 Å². The quantitative estimate of drug-likeness (QED) is 0.544. The summed E-state index contributed by atoms with van der Waals surface area (Å²) in [6.07, 6.45) is 3.37. The highest BCUT2D eigenvalue weighted by Gasteiger charge is 1.86. The lowest BCUT2D eigenvalue weighted by Crippen LogP contribution is -1.75. The van der Waals surface area contributed by atoms with Crippen molar-refractivity contribution in [2.45, 2.75) is 6.92 Å². The van der Waals surface area contributed by atoms with Crippen LogP contribution in [0.1, 0.15) is 11.1 Å². The summed E-state index contributed by atoms with van der Waals surface area (Å²) in [6.45, 7) is 5.77. The van der Waals surface area contributed by atoms with Crippen LogP contribution in [0.3, 0.4) is 0 Å². The van der Waals surface area contributed by atoms with Crippen LogP contribution in [0.4, 0.5) is 0 Å². The molecule has 4 heteroatoms. The van der Waals surface area contributed by atoms with Gasteiger partial charge in [-0.15, -0.1) is 0 Å². The minimum atomic E-state index is 0.750. The van der Waals surface area contributed by atoms with Crippen LogP contribution in [0.5, 0.6) is 0 Å². The van der Waals surface area contributed by atoms with Gasteiger partial charge in [0.15, 0.2) is 0 Å². The zero-order chi connectivity index (χ0) is 12.1. The van der Waals surface area contributed by atoms with Gasteiger partial charge in [-0.2, -0.15) is 0 Å². The maximum atomic E-state index is 8.35. The summed E-state index contributed by atoms with van der Waals surface area (Å²) in [7, 11) is 0. The topological polar surface area (TPSA) is 81.8 Å². The minimum absolute atomic E-state index is 0.750. The second-order valence-corrected chi connectivity index (χ2v) is 2.26. The molecule has 1 aromatic rings. The molecule has 0 heterocycles. The molecular formula is C11H12N2O2. The van der Waals surface area contributed by atoms with Crippen LogP contribution in [0.2, 0.25) is 0 Å². The summed E-state index contributed by atoms with van der Waals surface area (Å²) >= 11 is 0. The van der Waals surface area contributed by atoms with Crippen molar-refractivity contribution >= 4 is 18.2 Å². The predicted octanol–water partition coefficient (Wildman–Crippen LogP) is 2.44. The Morgan fingerprint density at radius 1 is 1.20 bits per heavy atom. The fraction of sp³-hybridized carbons (Fsp3) is 0.0909. The summed E-state index contributed by atoms with van der Waals surface area (Å²) in [5.74, 6) is 0. The second kappa shape index (κ2) is 11.7. The van der Waals surface area contributed by atoms with Crippen LogP contribution in [-0.4, -0.2) is 12.2 Å². The zero-order valence-corrected chi connectivity index (χ0v) is 8.41. The van der Waals surface area contributed by atoms with Gasteiger partial charge in [0, 0.05) is 0 Å². The molecule has 1 aromatic carbocycles. The van der Waals surface area contributed by atoms with Crippen molar-refractivity contribution in [3.05, 3.63) is 42.0 Å². The summed E-state index contributed by atoms with van der Waals surface area (Å²) in [5, 5.41) is 10.8. The van der Waals surface area contributed by atoms with Crippen LogP contribution in [0.25, 0.3) is 6.08 Å². The molecule has 0 aliphatic carbocycles. The fourth-order valence-corrected chi connectivity index (χ4v) is 0.816. The molecule has 1 rings (SSSR count). The van der Waals surface area contributed by atoms with E-state index in [2.05, 4.69) is 25.6 Å². The van der Waals surface area contributed by atoms with E-state index in [4.69, 9.17) is 20.4 Å². The maximum Gasteiger partial charge on any atom is 0.231 e. The van der Waals surface area contributed by atoms with Crippen LogP contribution < -0.4 is 0 Å². The number of hydrogen-bond donors (Lipinski definition) is 2. The molecule has 0 atom stereocenters. The third-order valence-corrected chi connectivity index (χ3v) is 1.41. The molecular weight excluding hydrogens is 192 g/mol. The van der Waals surface area contributed by atoms with Crippen LogP contribution in [0.15, 0.2) is 30.8 Å². The molecule has 0 aromatic heterocycles. The smallest absolute Gasteiger partial charge is 0.222 e. The average molecular weight is 204 g/mol. The molecule has 0 aliphatic heterocycles. The average Bonchev–Trinajstić information content (AvgIpc) is 2.21. The van der Waals surface area contributed by atoms with Gasteiger partial charge in [-0.25, -0.2) is 20.4 Å². The summed E-state index contributed by atoms with van der Waals surface area (Å²) < 4.78 is 0. The third-order valence-electron chi connectivity index (χ3n) is 1.41. The van der Waals surface area contributed by atoms with E-state index in [0.717, 1.165) is 12.2 Å². The Hall–Kier alpha value is -2.28. The molecule has 15 heavy (non-hydrogen) atoms. The number of benzene rings is 1. The van der Waals surface area contributed by atoms with Crippen molar-refractivity contribution < 1.29 is 9.59 Å². The van der Waals surface area contributed by atoms with Gasteiger partial charge < -0.3 is 0 Å². The Balaban J connectivity index is 0. The van der Waals surface area contributed by atoms with E-state index < -0.39 is 0 Å². The van der Waals surface area contributed by atoms with E-state index in [1.165, 1.54) is 11.1 Å². The molecule has 78 valence electrons. The number of aryl methyl sites for hydroxylation is 1. The third kappa shape index (κ3) is 9.64. The van der Waals surface area contributed by atoms with Gasteiger partial charge in [0.25, 0.3) is 0 Å². The second-order valence-electron chi connectivity index (χ2n) is 2.26. The first-order valence-corrected chi connectivity index (χ1v) is 3.93. The Labute approximate surface area is 88.3 Å². The van der Waals surface area contributed by atoms with Crippen molar-refractivity contribution in [1.29, 1.82) is 10.8 Å². The Morgan fingerprint density at radius 3 is 1.87 bits per heavy atom. The number of carbonyl (C=O) groups excluding carboxylic acids is 2. The Kier molecular flexibility index (Phi) is 11.9. The molecule has 0 saturated heterocycles. The predicted molar refractivity (Wildman–Crippen MR) is 58.1 cm³/mol. The van der Waals surface area contributed by atoms with Crippen molar-refractivity contribution in [1.82, 2.24) is 0 Å². The van der Waals surface area contributed by atoms with Crippen LogP contribution >= 0.6 is 0 Å². The SMILES string of the molecule is C=Cc1ccccc1C.N=C=O.N=C=O. The summed E-state index contributed by atoms with van der Waals surface area (Å²) in [6, 6.07) is 8.19. The first kappa shape index (κ1) is 15.2. The molecule has 0 radical (unpaired) electrons. The van der Waals surface area contributed by atoms with Gasteiger partial charge in [-0.05, 0) is 18.1 Å². The number of nitrogens with one attached hydrogen (secondary N) is 2. The molecule has 0 amide bonds. The monoisotopic (exact) mass is 204 g/mol. The maximum absolute atomic E-state index is 8.35. The highest BCUT2D eigenvalue weighted by atomic mass is 16.1.